The molecule has 0 radical (unpaired) electrons. The number of epoxide rings is 1. The molecule has 1 aliphatic rings. The van der Waals surface area contributed by atoms with Gasteiger partial charge < -0.3 is 9.84 Å². The van der Waals surface area contributed by atoms with Crippen LogP contribution in [0.2, 0.25) is 0 Å². The van der Waals surface area contributed by atoms with Crippen molar-refractivity contribution in [2.24, 2.45) is 11.8 Å². The number of rotatable bonds is 5. The second-order valence-corrected chi connectivity index (χ2v) is 3.75. The van der Waals surface area contributed by atoms with Gasteiger partial charge in [-0.2, -0.15) is 0 Å². The Bertz CT molecular complexity index is 156. The molecule has 12 heavy (non-hydrogen) atoms. The topological polar surface area (TPSA) is 32.8 Å². The van der Waals surface area contributed by atoms with Gasteiger partial charge in [0.2, 0.25) is 0 Å². The van der Waals surface area contributed by atoms with Crippen molar-refractivity contribution in [1.29, 1.82) is 0 Å². The molecule has 0 saturated carbocycles. The highest BCUT2D eigenvalue weighted by molar-refractivity contribution is 4.90. The third-order valence-electron chi connectivity index (χ3n) is 2.51. The van der Waals surface area contributed by atoms with Crippen molar-refractivity contribution in [3.63, 3.8) is 0 Å². The fourth-order valence-electron chi connectivity index (χ4n) is 1.62. The van der Waals surface area contributed by atoms with E-state index in [2.05, 4.69) is 20.4 Å². The van der Waals surface area contributed by atoms with Gasteiger partial charge in [-0.25, -0.2) is 0 Å². The van der Waals surface area contributed by atoms with Gasteiger partial charge in [0.15, 0.2) is 0 Å². The molecule has 1 N–H and O–H groups in total. The van der Waals surface area contributed by atoms with Crippen molar-refractivity contribution in [3.8, 4) is 0 Å². The maximum Gasteiger partial charge on any atom is 0.107 e. The third kappa shape index (κ3) is 2.32. The fourth-order valence-corrected chi connectivity index (χ4v) is 1.62. The van der Waals surface area contributed by atoms with E-state index in [-0.39, 0.29) is 18.8 Å². The molecule has 0 bridgehead atoms. The van der Waals surface area contributed by atoms with Crippen LogP contribution in [0.25, 0.3) is 0 Å². The zero-order chi connectivity index (χ0) is 9.14. The first kappa shape index (κ1) is 9.75. The summed E-state index contributed by atoms with van der Waals surface area (Å²) in [7, 11) is 0. The lowest BCUT2D eigenvalue weighted by molar-refractivity contribution is 0.238. The predicted octanol–water partition coefficient (Wildman–Crippen LogP) is 1.59. The van der Waals surface area contributed by atoms with Crippen LogP contribution in [0.15, 0.2) is 12.7 Å². The van der Waals surface area contributed by atoms with E-state index >= 15 is 0 Å². The van der Waals surface area contributed by atoms with Crippen LogP contribution in [0, 0.1) is 11.8 Å². The number of hydrogen-bond acceptors (Lipinski definition) is 2. The van der Waals surface area contributed by atoms with Crippen LogP contribution in [0.4, 0.5) is 0 Å². The number of allylic oxidation sites excluding steroid dienone is 1. The first-order valence-corrected chi connectivity index (χ1v) is 4.58. The second-order valence-electron chi connectivity index (χ2n) is 3.75. The largest absolute Gasteiger partial charge is 0.394 e. The molecular weight excluding hydrogens is 152 g/mol. The Morgan fingerprint density at radius 3 is 2.67 bits per heavy atom. The van der Waals surface area contributed by atoms with Crippen LogP contribution in [0.5, 0.6) is 0 Å². The average Bonchev–Trinajstić information content (AvgIpc) is 2.82. The van der Waals surface area contributed by atoms with E-state index in [1.165, 1.54) is 0 Å². The van der Waals surface area contributed by atoms with Crippen molar-refractivity contribution in [3.05, 3.63) is 12.7 Å². The van der Waals surface area contributed by atoms with Crippen LogP contribution >= 0.6 is 0 Å². The van der Waals surface area contributed by atoms with E-state index in [1.54, 1.807) is 0 Å². The van der Waals surface area contributed by atoms with E-state index in [4.69, 9.17) is 9.84 Å². The summed E-state index contributed by atoms with van der Waals surface area (Å²) >= 11 is 0. The highest BCUT2D eigenvalue weighted by Crippen LogP contribution is 2.32. The minimum atomic E-state index is 0.108. The zero-order valence-corrected chi connectivity index (χ0v) is 7.86. The average molecular weight is 170 g/mol. The van der Waals surface area contributed by atoms with Crippen molar-refractivity contribution < 1.29 is 9.84 Å². The van der Waals surface area contributed by atoms with Gasteiger partial charge in [0, 0.05) is 0 Å². The fraction of sp³-hybridized carbons (Fsp3) is 0.800. The zero-order valence-electron chi connectivity index (χ0n) is 7.86. The number of aliphatic hydroxyl groups is 1. The van der Waals surface area contributed by atoms with E-state index in [1.807, 2.05) is 6.08 Å². The molecule has 1 saturated heterocycles. The first-order valence-electron chi connectivity index (χ1n) is 4.58. The van der Waals surface area contributed by atoms with Gasteiger partial charge in [0.05, 0.1) is 12.7 Å². The summed E-state index contributed by atoms with van der Waals surface area (Å²) in [5, 5.41) is 8.77. The Kier molecular flexibility index (Phi) is 3.29. The maximum absolute atomic E-state index is 8.77. The number of hydrogen-bond donors (Lipinski definition) is 1. The quantitative estimate of drug-likeness (QED) is 0.502. The summed E-state index contributed by atoms with van der Waals surface area (Å²) in [6.45, 7) is 8.23. The highest BCUT2D eigenvalue weighted by atomic mass is 16.6. The number of ether oxygens (including phenoxy) is 1. The molecule has 0 unspecified atom stereocenters. The molecule has 1 fully saturated rings. The number of aliphatic hydroxyl groups excluding tert-OH is 1. The smallest absolute Gasteiger partial charge is 0.107 e. The molecule has 1 heterocycles. The lowest BCUT2D eigenvalue weighted by Gasteiger charge is -2.11. The Labute approximate surface area is 74.2 Å². The summed E-state index contributed by atoms with van der Waals surface area (Å²) in [5.74, 6) is 1.08. The van der Waals surface area contributed by atoms with Crippen LogP contribution in [-0.4, -0.2) is 23.9 Å². The SMILES string of the molecule is C=C[C@@H](C)C[C@@H](C)[C@H]1O[C@@H]1CO. The maximum atomic E-state index is 8.77. The molecule has 0 aromatic rings. The predicted molar refractivity (Wildman–Crippen MR) is 48.9 cm³/mol. The van der Waals surface area contributed by atoms with Gasteiger partial charge in [-0.05, 0) is 18.3 Å². The van der Waals surface area contributed by atoms with E-state index in [0.717, 1.165) is 6.42 Å². The molecule has 2 nitrogen and oxygen atoms in total. The first-order chi connectivity index (χ1) is 5.69. The van der Waals surface area contributed by atoms with Crippen molar-refractivity contribution in [2.45, 2.75) is 32.5 Å². The van der Waals surface area contributed by atoms with Crippen molar-refractivity contribution in [2.75, 3.05) is 6.61 Å². The normalized spacial score (nSPS) is 32.6. The molecule has 1 aliphatic heterocycles. The van der Waals surface area contributed by atoms with E-state index in [0.29, 0.717) is 11.8 Å². The summed E-state index contributed by atoms with van der Waals surface area (Å²) in [6, 6.07) is 0. The molecule has 0 aliphatic carbocycles. The summed E-state index contributed by atoms with van der Waals surface area (Å²) < 4.78 is 5.29. The van der Waals surface area contributed by atoms with Crippen LogP contribution < -0.4 is 0 Å². The summed E-state index contributed by atoms with van der Waals surface area (Å²) in [6.07, 6.45) is 3.46. The molecule has 0 aromatic carbocycles. The minimum absolute atomic E-state index is 0.108. The highest BCUT2D eigenvalue weighted by Gasteiger charge is 2.42. The van der Waals surface area contributed by atoms with E-state index < -0.39 is 0 Å². The Hall–Kier alpha value is -0.340. The van der Waals surface area contributed by atoms with Crippen LogP contribution in [0.1, 0.15) is 20.3 Å². The van der Waals surface area contributed by atoms with Gasteiger partial charge in [0.1, 0.15) is 6.10 Å². The van der Waals surface area contributed by atoms with Gasteiger partial charge in [0.25, 0.3) is 0 Å². The third-order valence-corrected chi connectivity index (χ3v) is 2.51. The molecule has 70 valence electrons. The van der Waals surface area contributed by atoms with Crippen LogP contribution in [-0.2, 0) is 4.74 Å². The van der Waals surface area contributed by atoms with Crippen molar-refractivity contribution >= 4 is 0 Å². The monoisotopic (exact) mass is 170 g/mol. The molecular formula is C10H18O2. The lowest BCUT2D eigenvalue weighted by atomic mass is 9.93. The van der Waals surface area contributed by atoms with Crippen molar-refractivity contribution in [1.82, 2.24) is 0 Å². The Morgan fingerprint density at radius 2 is 2.25 bits per heavy atom. The summed E-state index contributed by atoms with van der Waals surface area (Å²) in [4.78, 5) is 0. The van der Waals surface area contributed by atoms with Gasteiger partial charge in [-0.3, -0.25) is 0 Å². The van der Waals surface area contributed by atoms with E-state index in [9.17, 15) is 0 Å². The molecule has 0 amide bonds. The Morgan fingerprint density at radius 1 is 1.58 bits per heavy atom. The molecule has 1 rings (SSSR count). The minimum Gasteiger partial charge on any atom is -0.394 e. The molecule has 0 spiro atoms. The molecule has 2 heteroatoms. The second kappa shape index (κ2) is 4.06. The standard InChI is InChI=1S/C10H18O2/c1-4-7(2)5-8(3)10-9(6-11)12-10/h4,7-11H,1,5-6H2,2-3H3/t7-,8-,9-,10-/m1/s1. The van der Waals surface area contributed by atoms with Gasteiger partial charge in [-0.15, -0.1) is 6.58 Å². The lowest BCUT2D eigenvalue weighted by Crippen LogP contribution is -2.11. The van der Waals surface area contributed by atoms with Crippen LogP contribution in [0.3, 0.4) is 0 Å². The molecule has 0 aromatic heterocycles. The summed E-state index contributed by atoms with van der Waals surface area (Å²) in [5.41, 5.74) is 0. The van der Waals surface area contributed by atoms with Gasteiger partial charge in [-0.1, -0.05) is 19.9 Å². The van der Waals surface area contributed by atoms with Gasteiger partial charge >= 0.3 is 0 Å². The Balaban J connectivity index is 2.21. The molecule has 4 atom stereocenters.